The number of para-hydroxylation sites is 1. The maximum atomic E-state index is 13.1. The first-order valence-electron chi connectivity index (χ1n) is 7.77. The Bertz CT molecular complexity index is 945. The molecule has 1 aromatic carbocycles. The number of benzene rings is 1. The standard InChI is InChI=1S/C17H12Cl2N2O4S/c18-13-7-9(14(19)26-13)11(22)8-21-15(23)17(20-16(21)24)5-6-25-12-4-2-1-3-10(12)17/h1-4,7H,5-6,8H2,(H,20,24)/t17-/m0/s1. The number of rotatable bonds is 3. The van der Waals surface area contributed by atoms with Crippen LogP contribution in [-0.2, 0) is 10.3 Å². The molecule has 26 heavy (non-hydrogen) atoms. The van der Waals surface area contributed by atoms with Crippen molar-refractivity contribution in [2.75, 3.05) is 13.2 Å². The van der Waals surface area contributed by atoms with Crippen LogP contribution in [0.2, 0.25) is 8.67 Å². The topological polar surface area (TPSA) is 75.7 Å². The van der Waals surface area contributed by atoms with Crippen molar-refractivity contribution in [3.8, 4) is 5.75 Å². The highest BCUT2D eigenvalue weighted by molar-refractivity contribution is 7.20. The van der Waals surface area contributed by atoms with Crippen LogP contribution in [0, 0.1) is 0 Å². The van der Waals surface area contributed by atoms with Crippen LogP contribution in [-0.4, -0.2) is 35.8 Å². The van der Waals surface area contributed by atoms with E-state index in [-0.39, 0.29) is 16.5 Å². The summed E-state index contributed by atoms with van der Waals surface area (Å²) in [4.78, 5) is 39.0. The van der Waals surface area contributed by atoms with Crippen molar-refractivity contribution in [2.24, 2.45) is 0 Å². The molecule has 1 N–H and O–H groups in total. The summed E-state index contributed by atoms with van der Waals surface area (Å²) in [5.74, 6) is -0.365. The maximum absolute atomic E-state index is 13.1. The van der Waals surface area contributed by atoms with Gasteiger partial charge in [-0.2, -0.15) is 0 Å². The van der Waals surface area contributed by atoms with Gasteiger partial charge in [0.25, 0.3) is 5.91 Å². The normalized spacial score (nSPS) is 21.5. The van der Waals surface area contributed by atoms with Crippen molar-refractivity contribution in [1.82, 2.24) is 10.2 Å². The maximum Gasteiger partial charge on any atom is 0.325 e. The van der Waals surface area contributed by atoms with E-state index in [2.05, 4.69) is 5.32 Å². The van der Waals surface area contributed by atoms with Gasteiger partial charge in [0.2, 0.25) is 0 Å². The average molecular weight is 411 g/mol. The van der Waals surface area contributed by atoms with Gasteiger partial charge in [-0.25, -0.2) is 4.79 Å². The third-order valence-electron chi connectivity index (χ3n) is 4.52. The first-order valence-corrected chi connectivity index (χ1v) is 9.34. The summed E-state index contributed by atoms with van der Waals surface area (Å²) in [7, 11) is 0. The van der Waals surface area contributed by atoms with E-state index in [1.54, 1.807) is 24.3 Å². The Hall–Kier alpha value is -2.09. The van der Waals surface area contributed by atoms with Crippen LogP contribution in [0.5, 0.6) is 5.75 Å². The largest absolute Gasteiger partial charge is 0.493 e. The summed E-state index contributed by atoms with van der Waals surface area (Å²) >= 11 is 12.9. The zero-order valence-corrected chi connectivity index (χ0v) is 15.6. The number of urea groups is 1. The second-order valence-corrected chi connectivity index (χ2v) is 8.27. The fourth-order valence-electron chi connectivity index (χ4n) is 3.27. The van der Waals surface area contributed by atoms with Crippen LogP contribution in [0.25, 0.3) is 0 Å². The Morgan fingerprint density at radius 2 is 2.08 bits per heavy atom. The number of imide groups is 1. The van der Waals surface area contributed by atoms with Crippen molar-refractivity contribution in [3.05, 3.63) is 50.1 Å². The number of hydrogen-bond donors (Lipinski definition) is 1. The molecule has 0 radical (unpaired) electrons. The minimum Gasteiger partial charge on any atom is -0.493 e. The molecule has 2 aliphatic heterocycles. The second-order valence-electron chi connectivity index (χ2n) is 5.98. The highest BCUT2D eigenvalue weighted by Crippen LogP contribution is 2.41. The van der Waals surface area contributed by atoms with E-state index in [1.807, 2.05) is 0 Å². The average Bonchev–Trinajstić information content (AvgIpc) is 3.07. The molecule has 2 aromatic rings. The van der Waals surface area contributed by atoms with E-state index in [0.717, 1.165) is 16.2 Å². The smallest absolute Gasteiger partial charge is 0.325 e. The molecule has 0 saturated carbocycles. The van der Waals surface area contributed by atoms with Gasteiger partial charge in [0.05, 0.1) is 23.1 Å². The first kappa shape index (κ1) is 17.3. The summed E-state index contributed by atoms with van der Waals surface area (Å²) in [5, 5.41) is 2.75. The Labute approximate surface area is 162 Å². The number of Topliss-reactive ketones (excluding diaryl/α,β-unsaturated/α-hetero) is 1. The van der Waals surface area contributed by atoms with Crippen LogP contribution >= 0.6 is 34.5 Å². The number of hydrogen-bond acceptors (Lipinski definition) is 5. The van der Waals surface area contributed by atoms with Gasteiger partial charge < -0.3 is 10.1 Å². The van der Waals surface area contributed by atoms with E-state index in [9.17, 15) is 14.4 Å². The summed E-state index contributed by atoms with van der Waals surface area (Å²) in [6, 6.07) is 7.88. The molecule has 9 heteroatoms. The first-order chi connectivity index (χ1) is 12.4. The molecule has 1 atom stereocenters. The predicted octanol–water partition coefficient (Wildman–Crippen LogP) is 3.47. The van der Waals surface area contributed by atoms with Gasteiger partial charge >= 0.3 is 6.03 Å². The number of carbonyl (C=O) groups is 3. The van der Waals surface area contributed by atoms with Crippen LogP contribution in [0.1, 0.15) is 22.3 Å². The van der Waals surface area contributed by atoms with Crippen molar-refractivity contribution in [2.45, 2.75) is 12.0 Å². The number of carbonyl (C=O) groups excluding carboxylic acids is 3. The Morgan fingerprint density at radius 1 is 1.31 bits per heavy atom. The molecule has 6 nitrogen and oxygen atoms in total. The Balaban J connectivity index is 1.65. The molecule has 3 amide bonds. The van der Waals surface area contributed by atoms with Gasteiger partial charge in [-0.3, -0.25) is 14.5 Å². The van der Waals surface area contributed by atoms with Gasteiger partial charge in [-0.15, -0.1) is 11.3 Å². The fourth-order valence-corrected chi connectivity index (χ4v) is 4.77. The molecule has 0 unspecified atom stereocenters. The lowest BCUT2D eigenvalue weighted by Crippen LogP contribution is -2.47. The third kappa shape index (κ3) is 2.58. The summed E-state index contributed by atoms with van der Waals surface area (Å²) in [6.07, 6.45) is 0.296. The fraction of sp³-hybridized carbons (Fsp3) is 0.235. The number of fused-ring (bicyclic) bond motifs is 2. The third-order valence-corrected chi connectivity index (χ3v) is 6.00. The van der Waals surface area contributed by atoms with E-state index < -0.39 is 29.8 Å². The lowest BCUT2D eigenvalue weighted by atomic mass is 9.84. The van der Waals surface area contributed by atoms with Crippen molar-refractivity contribution >= 4 is 52.3 Å². The molecule has 2 aliphatic rings. The second kappa shape index (κ2) is 6.26. The molecule has 4 rings (SSSR count). The van der Waals surface area contributed by atoms with Crippen LogP contribution in [0.15, 0.2) is 30.3 Å². The lowest BCUT2D eigenvalue weighted by Gasteiger charge is -2.33. The molecule has 1 fully saturated rings. The molecular formula is C17H12Cl2N2O4S. The minimum absolute atomic E-state index is 0.204. The molecule has 3 heterocycles. The Kier molecular flexibility index (Phi) is 4.17. The Morgan fingerprint density at radius 3 is 2.81 bits per heavy atom. The number of halogens is 2. The molecule has 1 aromatic heterocycles. The van der Waals surface area contributed by atoms with E-state index in [4.69, 9.17) is 27.9 Å². The number of nitrogens with zero attached hydrogens (tertiary/aromatic N) is 1. The lowest BCUT2D eigenvalue weighted by molar-refractivity contribution is -0.132. The molecule has 1 spiro atoms. The van der Waals surface area contributed by atoms with Crippen LogP contribution in [0.4, 0.5) is 4.79 Å². The van der Waals surface area contributed by atoms with Crippen molar-refractivity contribution in [3.63, 3.8) is 0 Å². The molecule has 1 saturated heterocycles. The van der Waals surface area contributed by atoms with Crippen molar-refractivity contribution < 1.29 is 19.1 Å². The van der Waals surface area contributed by atoms with Crippen molar-refractivity contribution in [1.29, 1.82) is 0 Å². The molecule has 0 aliphatic carbocycles. The van der Waals surface area contributed by atoms with Gasteiger partial charge in [0, 0.05) is 12.0 Å². The van der Waals surface area contributed by atoms with Gasteiger partial charge in [0.15, 0.2) is 11.3 Å². The monoisotopic (exact) mass is 410 g/mol. The molecule has 134 valence electrons. The summed E-state index contributed by atoms with van der Waals surface area (Å²) < 4.78 is 6.18. The van der Waals surface area contributed by atoms with Crippen LogP contribution in [0.3, 0.4) is 0 Å². The number of thiophene rings is 1. The number of ether oxygens (including phenoxy) is 1. The molecular weight excluding hydrogens is 399 g/mol. The number of ketones is 1. The van der Waals surface area contributed by atoms with E-state index in [1.165, 1.54) is 6.07 Å². The highest BCUT2D eigenvalue weighted by atomic mass is 35.5. The zero-order chi connectivity index (χ0) is 18.5. The van der Waals surface area contributed by atoms with Gasteiger partial charge in [-0.1, -0.05) is 41.4 Å². The van der Waals surface area contributed by atoms with E-state index in [0.29, 0.717) is 22.1 Å². The van der Waals surface area contributed by atoms with Gasteiger partial charge in [0.1, 0.15) is 10.1 Å². The quantitative estimate of drug-likeness (QED) is 0.620. The van der Waals surface area contributed by atoms with Gasteiger partial charge in [-0.05, 0) is 12.1 Å². The number of amides is 3. The summed E-state index contributed by atoms with van der Waals surface area (Å²) in [6.45, 7) is -0.112. The zero-order valence-electron chi connectivity index (χ0n) is 13.3. The number of nitrogens with one attached hydrogen (secondary N) is 1. The SMILES string of the molecule is O=C(CN1C(=O)N[C@]2(CCOc3ccccc32)C1=O)c1cc(Cl)sc1Cl. The van der Waals surface area contributed by atoms with E-state index >= 15 is 0 Å². The van der Waals surface area contributed by atoms with Crippen LogP contribution < -0.4 is 10.1 Å². The minimum atomic E-state index is -1.21. The highest BCUT2D eigenvalue weighted by Gasteiger charge is 2.55. The predicted molar refractivity (Wildman–Crippen MR) is 97.1 cm³/mol. The summed E-state index contributed by atoms with van der Waals surface area (Å²) in [5.41, 5.74) is -0.408. The molecule has 0 bridgehead atoms.